The normalized spacial score (nSPS) is 28.8. The first kappa shape index (κ1) is 22.5. The lowest BCUT2D eigenvalue weighted by Crippen LogP contribution is -2.41. The highest BCUT2D eigenvalue weighted by Crippen LogP contribution is 2.74. The van der Waals surface area contributed by atoms with Crippen LogP contribution in [-0.2, 0) is 14.4 Å². The molecule has 36 heavy (non-hydrogen) atoms. The summed E-state index contributed by atoms with van der Waals surface area (Å²) in [7, 11) is 1.55. The van der Waals surface area contributed by atoms with E-state index in [2.05, 4.69) is 0 Å². The molecule has 2 aliphatic carbocycles. The predicted molar refractivity (Wildman–Crippen MR) is 138 cm³/mol. The van der Waals surface area contributed by atoms with Crippen molar-refractivity contribution in [2.75, 3.05) is 12.0 Å². The van der Waals surface area contributed by atoms with Crippen molar-refractivity contribution in [3.63, 3.8) is 0 Å². The Labute approximate surface area is 210 Å². The number of anilines is 1. The minimum absolute atomic E-state index is 0.0165. The van der Waals surface area contributed by atoms with Crippen LogP contribution in [0.3, 0.4) is 0 Å². The number of hydrogen-bond donors (Lipinski definition) is 0. The zero-order valence-electron chi connectivity index (χ0n) is 20.5. The molecule has 1 saturated carbocycles. The first-order valence-corrected chi connectivity index (χ1v) is 12.3. The van der Waals surface area contributed by atoms with Crippen LogP contribution >= 0.6 is 0 Å². The lowest BCUT2D eigenvalue weighted by molar-refractivity contribution is -0.134. The van der Waals surface area contributed by atoms with Crippen LogP contribution in [0.25, 0.3) is 11.1 Å². The number of carbonyl (C=O) groups is 3. The van der Waals surface area contributed by atoms with Gasteiger partial charge in [-0.1, -0.05) is 73.7 Å². The van der Waals surface area contributed by atoms with Gasteiger partial charge < -0.3 is 4.74 Å². The molecule has 3 aliphatic rings. The Bertz CT molecular complexity index is 1440. The molecule has 5 heteroatoms. The summed E-state index contributed by atoms with van der Waals surface area (Å²) >= 11 is 0. The summed E-state index contributed by atoms with van der Waals surface area (Å²) in [5, 5.41) is 0. The van der Waals surface area contributed by atoms with Gasteiger partial charge >= 0.3 is 0 Å². The van der Waals surface area contributed by atoms with Crippen molar-refractivity contribution in [1.82, 2.24) is 0 Å². The van der Waals surface area contributed by atoms with Crippen molar-refractivity contribution >= 4 is 34.4 Å². The molecule has 2 amide bonds. The molecule has 3 aromatic rings. The molecule has 0 spiro atoms. The summed E-state index contributed by atoms with van der Waals surface area (Å²) in [6, 6.07) is 26.7. The molecule has 0 N–H and O–H groups in total. The number of rotatable bonds is 5. The Morgan fingerprint density at radius 2 is 1.36 bits per heavy atom. The second kappa shape index (κ2) is 7.76. The van der Waals surface area contributed by atoms with Crippen LogP contribution in [0.1, 0.15) is 31.4 Å². The fourth-order valence-corrected chi connectivity index (χ4v) is 7.13. The standard InChI is InChI=1S/C31H27NO4/c1-4-31-24(20-14-9-6-10-15-20)23(19-12-7-5-8-13-19)30(2,29(31)35)25-26(31)28(34)32(27(25)33)21-16-11-17-22(18-21)36-3/h5-18,25-26H,4H2,1-3H3/t25-,26+,30-,31+/m0/s1. The number of ketones is 1. The number of benzene rings is 3. The van der Waals surface area contributed by atoms with Gasteiger partial charge in [-0.2, -0.15) is 0 Å². The maximum Gasteiger partial charge on any atom is 0.239 e. The molecule has 1 aliphatic heterocycles. The highest BCUT2D eigenvalue weighted by molar-refractivity contribution is 6.34. The van der Waals surface area contributed by atoms with E-state index in [-0.39, 0.29) is 17.6 Å². The van der Waals surface area contributed by atoms with Gasteiger partial charge in [-0.25, -0.2) is 4.90 Å². The van der Waals surface area contributed by atoms with Crippen LogP contribution in [0.15, 0.2) is 84.9 Å². The molecular weight excluding hydrogens is 450 g/mol. The lowest BCUT2D eigenvalue weighted by Gasteiger charge is -2.37. The van der Waals surface area contributed by atoms with Gasteiger partial charge in [0.15, 0.2) is 5.78 Å². The Hall–Kier alpha value is -3.99. The molecule has 0 unspecified atom stereocenters. The van der Waals surface area contributed by atoms with Crippen LogP contribution in [0.2, 0.25) is 0 Å². The minimum atomic E-state index is -1.12. The van der Waals surface area contributed by atoms with E-state index in [1.165, 1.54) is 4.90 Å². The van der Waals surface area contributed by atoms with E-state index in [1.54, 1.807) is 31.4 Å². The number of methoxy groups -OCH3 is 1. The molecule has 1 heterocycles. The molecule has 5 nitrogen and oxygen atoms in total. The zero-order chi connectivity index (χ0) is 25.2. The highest BCUT2D eigenvalue weighted by Gasteiger charge is 2.79. The molecule has 2 bridgehead atoms. The van der Waals surface area contributed by atoms with Gasteiger partial charge in [0.2, 0.25) is 11.8 Å². The third-order valence-electron chi connectivity index (χ3n) is 8.55. The van der Waals surface area contributed by atoms with Gasteiger partial charge in [-0.15, -0.1) is 0 Å². The quantitative estimate of drug-likeness (QED) is 0.461. The highest BCUT2D eigenvalue weighted by atomic mass is 16.5. The number of fused-ring (bicyclic) bond motifs is 5. The first-order valence-electron chi connectivity index (χ1n) is 12.3. The topological polar surface area (TPSA) is 63.7 Å². The van der Waals surface area contributed by atoms with Gasteiger partial charge in [0.1, 0.15) is 5.75 Å². The van der Waals surface area contributed by atoms with E-state index in [0.717, 1.165) is 22.3 Å². The molecule has 1 saturated heterocycles. The predicted octanol–water partition coefficient (Wildman–Crippen LogP) is 5.41. The molecule has 0 aromatic heterocycles. The summed E-state index contributed by atoms with van der Waals surface area (Å²) < 4.78 is 5.35. The van der Waals surface area contributed by atoms with E-state index < -0.39 is 22.7 Å². The first-order chi connectivity index (χ1) is 17.4. The number of hydrogen-bond acceptors (Lipinski definition) is 4. The van der Waals surface area contributed by atoms with Crippen LogP contribution in [-0.4, -0.2) is 24.7 Å². The number of nitrogens with zero attached hydrogens (tertiary/aromatic N) is 1. The molecule has 180 valence electrons. The van der Waals surface area contributed by atoms with Crippen LogP contribution in [0.4, 0.5) is 5.69 Å². The van der Waals surface area contributed by atoms with Crippen molar-refractivity contribution in [3.05, 3.63) is 96.1 Å². The maximum absolute atomic E-state index is 14.5. The largest absolute Gasteiger partial charge is 0.497 e. The Kier molecular flexibility index (Phi) is 4.84. The molecule has 6 rings (SSSR count). The van der Waals surface area contributed by atoms with E-state index in [1.807, 2.05) is 74.5 Å². The second-order valence-electron chi connectivity index (χ2n) is 10.0. The van der Waals surface area contributed by atoms with Gasteiger partial charge in [0.05, 0.1) is 35.5 Å². The number of allylic oxidation sites excluding steroid dienone is 2. The fourth-order valence-electron chi connectivity index (χ4n) is 7.13. The van der Waals surface area contributed by atoms with Gasteiger partial charge in [0, 0.05) is 6.07 Å². The van der Waals surface area contributed by atoms with Crippen molar-refractivity contribution in [2.24, 2.45) is 22.7 Å². The molecule has 3 aromatic carbocycles. The van der Waals surface area contributed by atoms with Crippen molar-refractivity contribution < 1.29 is 19.1 Å². The van der Waals surface area contributed by atoms with Gasteiger partial charge in [0.25, 0.3) is 0 Å². The third-order valence-corrected chi connectivity index (χ3v) is 8.55. The summed E-state index contributed by atoms with van der Waals surface area (Å²) in [4.78, 5) is 44.0. The third kappa shape index (κ3) is 2.58. The Balaban J connectivity index is 1.63. The number of ether oxygens (including phenoxy) is 1. The van der Waals surface area contributed by atoms with E-state index in [4.69, 9.17) is 4.74 Å². The van der Waals surface area contributed by atoms with E-state index in [0.29, 0.717) is 17.9 Å². The van der Waals surface area contributed by atoms with Crippen molar-refractivity contribution in [1.29, 1.82) is 0 Å². The fraction of sp³-hybridized carbons (Fsp3) is 0.258. The smallest absolute Gasteiger partial charge is 0.239 e. The summed E-state index contributed by atoms with van der Waals surface area (Å²) in [5.74, 6) is -1.58. The summed E-state index contributed by atoms with van der Waals surface area (Å²) in [6.45, 7) is 3.84. The van der Waals surface area contributed by atoms with Crippen molar-refractivity contribution in [3.8, 4) is 5.75 Å². The van der Waals surface area contributed by atoms with Gasteiger partial charge in [-0.3, -0.25) is 14.4 Å². The lowest BCUT2D eigenvalue weighted by atomic mass is 9.62. The zero-order valence-corrected chi connectivity index (χ0v) is 20.5. The average molecular weight is 478 g/mol. The van der Waals surface area contributed by atoms with Crippen LogP contribution in [0, 0.1) is 22.7 Å². The minimum Gasteiger partial charge on any atom is -0.497 e. The van der Waals surface area contributed by atoms with Crippen LogP contribution < -0.4 is 9.64 Å². The average Bonchev–Trinajstić information content (AvgIpc) is 3.39. The molecule has 2 fully saturated rings. The SMILES string of the molecule is CC[C@@]12C(=O)[C@@](C)(C(c3ccccc3)=C1c1ccccc1)[C@@H]1C(=O)N(c3cccc(OC)c3)C(=O)[C@@H]12. The molecular formula is C31H27NO4. The monoisotopic (exact) mass is 477 g/mol. The van der Waals surface area contributed by atoms with Crippen molar-refractivity contribution in [2.45, 2.75) is 20.3 Å². The Morgan fingerprint density at radius 1 is 0.778 bits per heavy atom. The number of imide groups is 1. The van der Waals surface area contributed by atoms with Crippen LogP contribution in [0.5, 0.6) is 5.75 Å². The van der Waals surface area contributed by atoms with E-state index in [9.17, 15) is 14.4 Å². The number of carbonyl (C=O) groups excluding carboxylic acids is 3. The van der Waals surface area contributed by atoms with E-state index >= 15 is 0 Å². The maximum atomic E-state index is 14.5. The van der Waals surface area contributed by atoms with Gasteiger partial charge in [-0.05, 0) is 47.8 Å². The summed E-state index contributed by atoms with van der Waals surface area (Å²) in [5.41, 5.74) is 1.88. The second-order valence-corrected chi connectivity index (χ2v) is 10.0. The Morgan fingerprint density at radius 3 is 1.94 bits per heavy atom. The number of Topliss-reactive ketones (excluding diaryl/α,β-unsaturated/α-hetero) is 1. The molecule has 4 atom stereocenters. The summed E-state index contributed by atoms with van der Waals surface area (Å²) in [6.07, 6.45) is 0.439. The molecule has 0 radical (unpaired) electrons. The number of amides is 2.